The maximum atomic E-state index is 13.1. The number of fused-ring (bicyclic) bond motifs is 1. The monoisotopic (exact) mass is 331 g/mol. The molecule has 0 bridgehead atoms. The number of hydrogen-bond donors (Lipinski definition) is 0. The summed E-state index contributed by atoms with van der Waals surface area (Å²) >= 11 is 0. The van der Waals surface area contributed by atoms with Crippen LogP contribution in [0.2, 0.25) is 0 Å². The molecule has 2 aromatic heterocycles. The van der Waals surface area contributed by atoms with Crippen LogP contribution in [0.4, 0.5) is 0 Å². The second kappa shape index (κ2) is 7.17. The molecule has 0 aliphatic heterocycles. The fraction of sp³-hybridized carbons (Fsp3) is 0.588. The van der Waals surface area contributed by atoms with Crippen molar-refractivity contribution in [2.75, 3.05) is 20.3 Å². The highest BCUT2D eigenvalue weighted by atomic mass is 16.5. The molecular weight excluding hydrogens is 306 g/mol. The molecule has 1 aliphatic rings. The van der Waals surface area contributed by atoms with Gasteiger partial charge >= 0.3 is 0 Å². The van der Waals surface area contributed by atoms with E-state index in [0.717, 1.165) is 30.5 Å². The molecule has 130 valence electrons. The number of aryl methyl sites for hydroxylation is 2. The minimum atomic E-state index is -0.0213. The summed E-state index contributed by atoms with van der Waals surface area (Å²) < 4.78 is 8.85. The van der Waals surface area contributed by atoms with E-state index >= 15 is 0 Å². The summed E-state index contributed by atoms with van der Waals surface area (Å²) in [5, 5.41) is 8.72. The summed E-state index contributed by atoms with van der Waals surface area (Å²) in [7, 11) is 5.47. The summed E-state index contributed by atoms with van der Waals surface area (Å²) in [5.74, 6) is -0.0213. The van der Waals surface area contributed by atoms with Gasteiger partial charge < -0.3 is 9.64 Å². The molecule has 2 aromatic rings. The van der Waals surface area contributed by atoms with Gasteiger partial charge in [-0.25, -0.2) is 0 Å². The summed E-state index contributed by atoms with van der Waals surface area (Å²) in [4.78, 5) is 14.9. The van der Waals surface area contributed by atoms with Crippen LogP contribution in [0, 0.1) is 0 Å². The SMILES string of the molecule is COCCN(Cc1ccnn1C)C(=O)c1nn(C)c2c1CCCC2. The van der Waals surface area contributed by atoms with E-state index in [1.54, 1.807) is 22.9 Å². The summed E-state index contributed by atoms with van der Waals surface area (Å²) in [6.07, 6.45) is 5.98. The van der Waals surface area contributed by atoms with Gasteiger partial charge in [0.25, 0.3) is 5.91 Å². The Bertz CT molecular complexity index is 719. The first-order chi connectivity index (χ1) is 11.6. The maximum absolute atomic E-state index is 13.1. The fourth-order valence-electron chi connectivity index (χ4n) is 3.30. The van der Waals surface area contributed by atoms with Crippen molar-refractivity contribution >= 4 is 5.91 Å². The minimum Gasteiger partial charge on any atom is -0.383 e. The van der Waals surface area contributed by atoms with Crippen molar-refractivity contribution in [3.63, 3.8) is 0 Å². The maximum Gasteiger partial charge on any atom is 0.275 e. The quantitative estimate of drug-likeness (QED) is 0.801. The van der Waals surface area contributed by atoms with Gasteiger partial charge in [-0.1, -0.05) is 0 Å². The van der Waals surface area contributed by atoms with E-state index in [4.69, 9.17) is 4.74 Å². The van der Waals surface area contributed by atoms with Gasteiger partial charge in [-0.2, -0.15) is 10.2 Å². The number of carbonyl (C=O) groups is 1. The first-order valence-electron chi connectivity index (χ1n) is 8.41. The first kappa shape index (κ1) is 16.7. The van der Waals surface area contributed by atoms with Crippen molar-refractivity contribution in [3.05, 3.63) is 34.9 Å². The Labute approximate surface area is 142 Å². The lowest BCUT2D eigenvalue weighted by Crippen LogP contribution is -2.35. The first-order valence-corrected chi connectivity index (χ1v) is 8.41. The van der Waals surface area contributed by atoms with E-state index in [-0.39, 0.29) is 5.91 Å². The van der Waals surface area contributed by atoms with Crippen molar-refractivity contribution in [2.24, 2.45) is 14.1 Å². The van der Waals surface area contributed by atoms with Gasteiger partial charge in [0.15, 0.2) is 5.69 Å². The van der Waals surface area contributed by atoms with E-state index in [2.05, 4.69) is 10.2 Å². The van der Waals surface area contributed by atoms with E-state index in [9.17, 15) is 4.79 Å². The Balaban J connectivity index is 1.87. The number of amides is 1. The lowest BCUT2D eigenvalue weighted by Gasteiger charge is -2.22. The second-order valence-corrected chi connectivity index (χ2v) is 6.27. The normalized spacial score (nSPS) is 13.8. The van der Waals surface area contributed by atoms with Crippen molar-refractivity contribution in [1.29, 1.82) is 0 Å². The van der Waals surface area contributed by atoms with Gasteiger partial charge in [0.2, 0.25) is 0 Å². The predicted molar refractivity (Wildman–Crippen MR) is 89.7 cm³/mol. The molecular formula is C17H25N5O2. The van der Waals surface area contributed by atoms with E-state index in [0.29, 0.717) is 25.4 Å². The van der Waals surface area contributed by atoms with Crippen LogP contribution in [-0.2, 0) is 38.2 Å². The Kier molecular flexibility index (Phi) is 4.99. The molecule has 0 radical (unpaired) electrons. The largest absolute Gasteiger partial charge is 0.383 e. The number of ether oxygens (including phenoxy) is 1. The van der Waals surface area contributed by atoms with Gasteiger partial charge in [-0.3, -0.25) is 14.2 Å². The summed E-state index contributed by atoms with van der Waals surface area (Å²) in [6.45, 7) is 1.54. The molecule has 0 unspecified atom stereocenters. The average Bonchev–Trinajstić information content (AvgIpc) is 3.15. The van der Waals surface area contributed by atoms with Gasteiger partial charge in [0.05, 0.1) is 18.8 Å². The third-order valence-electron chi connectivity index (χ3n) is 4.70. The fourth-order valence-corrected chi connectivity index (χ4v) is 3.30. The molecule has 24 heavy (non-hydrogen) atoms. The van der Waals surface area contributed by atoms with Crippen LogP contribution in [0.15, 0.2) is 12.3 Å². The standard InChI is InChI=1S/C17H25N5O2/c1-20-13(8-9-18-20)12-22(10-11-24-3)17(23)16-14-6-4-5-7-15(14)21(2)19-16/h8-9H,4-7,10-12H2,1-3H3. The Morgan fingerprint density at radius 1 is 1.29 bits per heavy atom. The Morgan fingerprint density at radius 2 is 2.08 bits per heavy atom. The zero-order valence-corrected chi connectivity index (χ0v) is 14.7. The number of carbonyl (C=O) groups excluding carboxylic acids is 1. The summed E-state index contributed by atoms with van der Waals surface area (Å²) in [5.41, 5.74) is 3.92. The zero-order valence-electron chi connectivity index (χ0n) is 14.7. The smallest absolute Gasteiger partial charge is 0.275 e. The molecule has 0 atom stereocenters. The van der Waals surface area contributed by atoms with E-state index in [1.807, 2.05) is 24.8 Å². The molecule has 2 heterocycles. The molecule has 7 nitrogen and oxygen atoms in total. The predicted octanol–water partition coefficient (Wildman–Crippen LogP) is 1.32. The van der Waals surface area contributed by atoms with Crippen LogP contribution in [0.3, 0.4) is 0 Å². The molecule has 0 fully saturated rings. The Hall–Kier alpha value is -2.15. The molecule has 0 saturated carbocycles. The van der Waals surface area contributed by atoms with Gasteiger partial charge in [0, 0.05) is 45.2 Å². The number of rotatable bonds is 6. The summed E-state index contributed by atoms with van der Waals surface area (Å²) in [6, 6.07) is 1.93. The van der Waals surface area contributed by atoms with Crippen molar-refractivity contribution < 1.29 is 9.53 Å². The van der Waals surface area contributed by atoms with Crippen molar-refractivity contribution in [3.8, 4) is 0 Å². The number of nitrogens with zero attached hydrogens (tertiary/aromatic N) is 5. The minimum absolute atomic E-state index is 0.0213. The van der Waals surface area contributed by atoms with Gasteiger partial charge in [-0.15, -0.1) is 0 Å². The average molecular weight is 331 g/mol. The van der Waals surface area contributed by atoms with Crippen LogP contribution in [0.1, 0.15) is 40.3 Å². The highest BCUT2D eigenvalue weighted by Crippen LogP contribution is 2.25. The molecule has 0 spiro atoms. The third kappa shape index (κ3) is 3.21. The van der Waals surface area contributed by atoms with Crippen LogP contribution in [0.25, 0.3) is 0 Å². The molecule has 3 rings (SSSR count). The zero-order chi connectivity index (χ0) is 17.1. The topological polar surface area (TPSA) is 65.2 Å². The van der Waals surface area contributed by atoms with Crippen LogP contribution >= 0.6 is 0 Å². The van der Waals surface area contributed by atoms with E-state index in [1.165, 1.54) is 12.1 Å². The molecule has 0 saturated heterocycles. The Morgan fingerprint density at radius 3 is 2.79 bits per heavy atom. The van der Waals surface area contributed by atoms with E-state index < -0.39 is 0 Å². The molecule has 7 heteroatoms. The molecule has 0 N–H and O–H groups in total. The third-order valence-corrected chi connectivity index (χ3v) is 4.70. The lowest BCUT2D eigenvalue weighted by molar-refractivity contribution is 0.0668. The molecule has 1 amide bonds. The second-order valence-electron chi connectivity index (χ2n) is 6.27. The molecule has 0 aromatic carbocycles. The highest BCUT2D eigenvalue weighted by Gasteiger charge is 2.27. The van der Waals surface area contributed by atoms with Gasteiger partial charge in [0.1, 0.15) is 0 Å². The van der Waals surface area contributed by atoms with Crippen molar-refractivity contribution in [1.82, 2.24) is 24.5 Å². The number of methoxy groups -OCH3 is 1. The van der Waals surface area contributed by atoms with Gasteiger partial charge in [-0.05, 0) is 31.7 Å². The number of aromatic nitrogens is 4. The van der Waals surface area contributed by atoms with Crippen molar-refractivity contribution in [2.45, 2.75) is 32.2 Å². The van der Waals surface area contributed by atoms with Crippen LogP contribution in [-0.4, -0.2) is 50.6 Å². The molecule has 1 aliphatic carbocycles. The van der Waals surface area contributed by atoms with Crippen LogP contribution < -0.4 is 0 Å². The number of hydrogen-bond acceptors (Lipinski definition) is 4. The van der Waals surface area contributed by atoms with Crippen LogP contribution in [0.5, 0.6) is 0 Å². The highest BCUT2D eigenvalue weighted by molar-refractivity contribution is 5.94. The lowest BCUT2D eigenvalue weighted by atomic mass is 9.95.